The van der Waals surface area contributed by atoms with E-state index in [9.17, 15) is 28.8 Å². The topological polar surface area (TPSA) is 174 Å². The van der Waals surface area contributed by atoms with Gasteiger partial charge < -0.3 is 35.0 Å². The first-order valence-corrected chi connectivity index (χ1v) is 9.83. The van der Waals surface area contributed by atoms with Crippen LogP contribution >= 0.6 is 0 Å². The maximum atomic E-state index is 12.4. The molecule has 1 aromatic heterocycles. The van der Waals surface area contributed by atoms with Gasteiger partial charge in [0.05, 0.1) is 11.5 Å². The van der Waals surface area contributed by atoms with Crippen molar-refractivity contribution in [2.75, 3.05) is 16.6 Å². The molecule has 11 nitrogen and oxygen atoms in total. The SMILES string of the molecule is Cc1cc(NS(=O)(=O)c2ccc(NC3O[C@H](CO)[C@@H](O)[C@H](O)[C@H]3O)cc2)no1. The Kier molecular flexibility index (Phi) is 5.88. The highest BCUT2D eigenvalue weighted by atomic mass is 32.2. The molecule has 154 valence electrons. The molecule has 0 spiro atoms. The Morgan fingerprint density at radius 2 is 1.79 bits per heavy atom. The van der Waals surface area contributed by atoms with Crippen LogP contribution in [0.2, 0.25) is 0 Å². The lowest BCUT2D eigenvalue weighted by atomic mass is 9.98. The second kappa shape index (κ2) is 8.03. The van der Waals surface area contributed by atoms with Crippen molar-refractivity contribution in [2.24, 2.45) is 0 Å². The van der Waals surface area contributed by atoms with Gasteiger partial charge in [-0.05, 0) is 31.2 Å². The van der Waals surface area contributed by atoms with Crippen LogP contribution in [0.5, 0.6) is 0 Å². The van der Waals surface area contributed by atoms with Gasteiger partial charge >= 0.3 is 0 Å². The average Bonchev–Trinajstić information content (AvgIpc) is 3.06. The van der Waals surface area contributed by atoms with Crippen LogP contribution < -0.4 is 10.0 Å². The zero-order chi connectivity index (χ0) is 20.5. The normalized spacial score (nSPS) is 28.1. The molecule has 0 saturated carbocycles. The third-order valence-corrected chi connectivity index (χ3v) is 5.60. The first-order chi connectivity index (χ1) is 13.2. The summed E-state index contributed by atoms with van der Waals surface area (Å²) in [7, 11) is -3.88. The monoisotopic (exact) mass is 415 g/mol. The summed E-state index contributed by atoms with van der Waals surface area (Å²) in [5.74, 6) is 0.512. The van der Waals surface area contributed by atoms with Gasteiger partial charge in [0.25, 0.3) is 10.0 Å². The van der Waals surface area contributed by atoms with Crippen LogP contribution in [0.4, 0.5) is 11.5 Å². The van der Waals surface area contributed by atoms with E-state index in [2.05, 4.69) is 15.2 Å². The summed E-state index contributed by atoms with van der Waals surface area (Å²) in [6.07, 6.45) is -6.60. The molecular weight excluding hydrogens is 394 g/mol. The van der Waals surface area contributed by atoms with Gasteiger partial charge in [-0.2, -0.15) is 0 Å². The van der Waals surface area contributed by atoms with Crippen LogP contribution in [0.1, 0.15) is 5.76 Å². The molecule has 1 unspecified atom stereocenters. The van der Waals surface area contributed by atoms with Crippen LogP contribution in [-0.4, -0.2) is 71.3 Å². The third-order valence-electron chi connectivity index (χ3n) is 4.23. The Morgan fingerprint density at radius 3 is 2.36 bits per heavy atom. The number of aryl methyl sites for hydroxylation is 1. The van der Waals surface area contributed by atoms with E-state index in [-0.39, 0.29) is 10.7 Å². The Balaban J connectivity index is 1.70. The number of nitrogens with one attached hydrogen (secondary N) is 2. The summed E-state index contributed by atoms with van der Waals surface area (Å²) in [4.78, 5) is -0.0347. The Morgan fingerprint density at radius 1 is 1.11 bits per heavy atom. The molecule has 0 amide bonds. The van der Waals surface area contributed by atoms with E-state index in [0.29, 0.717) is 11.4 Å². The van der Waals surface area contributed by atoms with Crippen molar-refractivity contribution < 1.29 is 38.1 Å². The van der Waals surface area contributed by atoms with Gasteiger partial charge in [0, 0.05) is 11.8 Å². The summed E-state index contributed by atoms with van der Waals surface area (Å²) >= 11 is 0. The van der Waals surface area contributed by atoms with Crippen molar-refractivity contribution in [2.45, 2.75) is 42.5 Å². The summed E-state index contributed by atoms with van der Waals surface area (Å²) in [6.45, 7) is 1.08. The molecule has 28 heavy (non-hydrogen) atoms. The summed E-state index contributed by atoms with van der Waals surface area (Å²) in [5, 5.41) is 45.2. The zero-order valence-corrected chi connectivity index (χ0v) is 15.6. The summed E-state index contributed by atoms with van der Waals surface area (Å²) < 4.78 is 37.2. The molecule has 6 N–H and O–H groups in total. The molecule has 1 saturated heterocycles. The van der Waals surface area contributed by atoms with Crippen LogP contribution in [0.15, 0.2) is 39.8 Å². The first-order valence-electron chi connectivity index (χ1n) is 8.34. The fourth-order valence-corrected chi connectivity index (χ4v) is 3.71. The summed E-state index contributed by atoms with van der Waals surface area (Å²) in [5.41, 5.74) is 0.389. The molecule has 5 atom stereocenters. The number of aromatic nitrogens is 1. The van der Waals surface area contributed by atoms with Gasteiger partial charge in [-0.3, -0.25) is 4.72 Å². The second-order valence-corrected chi connectivity index (χ2v) is 8.03. The van der Waals surface area contributed by atoms with E-state index >= 15 is 0 Å². The number of sulfonamides is 1. The molecule has 0 bridgehead atoms. The molecule has 1 aliphatic heterocycles. The number of nitrogens with zero attached hydrogens (tertiary/aromatic N) is 1. The quantitative estimate of drug-likeness (QED) is 0.343. The smallest absolute Gasteiger partial charge is 0.263 e. The second-order valence-electron chi connectivity index (χ2n) is 6.35. The number of anilines is 2. The maximum absolute atomic E-state index is 12.4. The Hall–Kier alpha value is -2.22. The summed E-state index contributed by atoms with van der Waals surface area (Å²) in [6, 6.07) is 6.95. The Labute approximate surface area is 160 Å². The number of benzene rings is 1. The molecule has 12 heteroatoms. The van der Waals surface area contributed by atoms with Crippen LogP contribution in [0, 0.1) is 6.92 Å². The highest BCUT2D eigenvalue weighted by molar-refractivity contribution is 7.92. The van der Waals surface area contributed by atoms with Crippen LogP contribution in [0.25, 0.3) is 0 Å². The van der Waals surface area contributed by atoms with Crippen molar-refractivity contribution in [3.05, 3.63) is 36.1 Å². The number of ether oxygens (including phenoxy) is 1. The molecule has 2 heterocycles. The number of rotatable bonds is 6. The van der Waals surface area contributed by atoms with Crippen molar-refractivity contribution in [1.82, 2.24) is 5.16 Å². The lowest BCUT2D eigenvalue weighted by molar-refractivity contribution is -0.221. The average molecular weight is 415 g/mol. The molecule has 3 rings (SSSR count). The van der Waals surface area contributed by atoms with Crippen LogP contribution in [0.3, 0.4) is 0 Å². The fraction of sp³-hybridized carbons (Fsp3) is 0.438. The van der Waals surface area contributed by atoms with Gasteiger partial charge in [0.2, 0.25) is 0 Å². The van der Waals surface area contributed by atoms with Gasteiger partial charge in [-0.15, -0.1) is 0 Å². The highest BCUT2D eigenvalue weighted by Gasteiger charge is 2.43. The van der Waals surface area contributed by atoms with E-state index in [0.717, 1.165) is 0 Å². The van der Waals surface area contributed by atoms with E-state index in [1.807, 2.05) is 0 Å². The van der Waals surface area contributed by atoms with Gasteiger partial charge in [0.15, 0.2) is 12.0 Å². The first kappa shape index (κ1) is 20.5. The third kappa shape index (κ3) is 4.27. The minimum absolute atomic E-state index is 0.0347. The molecule has 0 radical (unpaired) electrons. The number of hydrogen-bond acceptors (Lipinski definition) is 10. The number of hydrogen-bond donors (Lipinski definition) is 6. The van der Waals surface area contributed by atoms with Crippen molar-refractivity contribution in [3.63, 3.8) is 0 Å². The highest BCUT2D eigenvalue weighted by Crippen LogP contribution is 2.24. The number of aliphatic hydroxyl groups excluding tert-OH is 4. The Bertz CT molecular complexity index is 899. The van der Waals surface area contributed by atoms with E-state index in [1.54, 1.807) is 6.92 Å². The van der Waals surface area contributed by atoms with Gasteiger partial charge in [-0.1, -0.05) is 5.16 Å². The van der Waals surface area contributed by atoms with E-state index < -0.39 is 47.3 Å². The minimum atomic E-state index is -3.88. The number of aliphatic hydroxyl groups is 4. The molecule has 2 aromatic rings. The molecular formula is C16H21N3O8S. The van der Waals surface area contributed by atoms with Gasteiger partial charge in [-0.25, -0.2) is 8.42 Å². The van der Waals surface area contributed by atoms with Crippen LogP contribution in [-0.2, 0) is 14.8 Å². The van der Waals surface area contributed by atoms with Crippen molar-refractivity contribution in [1.29, 1.82) is 0 Å². The fourth-order valence-electron chi connectivity index (χ4n) is 2.73. The maximum Gasteiger partial charge on any atom is 0.263 e. The lowest BCUT2D eigenvalue weighted by Crippen LogP contribution is -2.60. The predicted octanol–water partition coefficient (Wildman–Crippen LogP) is -1.00. The standard InChI is InChI=1S/C16H21N3O8S/c1-8-6-12(18-27-8)19-28(24,25)10-4-2-9(3-5-10)17-16-15(23)14(22)13(21)11(7-20)26-16/h2-6,11,13-17,20-23H,7H2,1H3,(H,18,19)/t11-,13-,14+,15-,16?/m1/s1. The lowest BCUT2D eigenvalue weighted by Gasteiger charge is -2.40. The van der Waals surface area contributed by atoms with Gasteiger partial charge in [0.1, 0.15) is 30.2 Å². The minimum Gasteiger partial charge on any atom is -0.394 e. The van der Waals surface area contributed by atoms with E-state index in [4.69, 9.17) is 9.26 Å². The predicted molar refractivity (Wildman–Crippen MR) is 95.9 cm³/mol. The molecule has 1 fully saturated rings. The van der Waals surface area contributed by atoms with E-state index in [1.165, 1.54) is 30.3 Å². The van der Waals surface area contributed by atoms with Crippen molar-refractivity contribution >= 4 is 21.5 Å². The van der Waals surface area contributed by atoms with Crippen molar-refractivity contribution in [3.8, 4) is 0 Å². The molecule has 0 aliphatic carbocycles. The largest absolute Gasteiger partial charge is 0.394 e. The zero-order valence-electron chi connectivity index (χ0n) is 14.8. The molecule has 1 aliphatic rings. The molecule has 1 aromatic carbocycles.